The van der Waals surface area contributed by atoms with Crippen LogP contribution in [0.15, 0.2) is 18.2 Å². The van der Waals surface area contributed by atoms with Gasteiger partial charge in [-0.1, -0.05) is 33.6 Å². The van der Waals surface area contributed by atoms with E-state index < -0.39 is 10.7 Å². The molecular formula is C16H23FN2O2. The highest BCUT2D eigenvalue weighted by Crippen LogP contribution is 2.40. The van der Waals surface area contributed by atoms with Crippen LogP contribution in [0.4, 0.5) is 15.8 Å². The SMILES string of the molecule is CC(C)(C)C1CCCCC1Nc1cc(F)ccc1[N+](=O)[O-]. The quantitative estimate of drug-likeness (QED) is 0.646. The lowest BCUT2D eigenvalue weighted by Crippen LogP contribution is -2.39. The van der Waals surface area contributed by atoms with Gasteiger partial charge in [-0.05, 0) is 30.2 Å². The fourth-order valence-corrected chi connectivity index (χ4v) is 3.32. The highest BCUT2D eigenvalue weighted by molar-refractivity contribution is 5.62. The summed E-state index contributed by atoms with van der Waals surface area (Å²) in [5.41, 5.74) is 0.357. The van der Waals surface area contributed by atoms with Gasteiger partial charge in [-0.15, -0.1) is 0 Å². The number of benzene rings is 1. The van der Waals surface area contributed by atoms with Crippen LogP contribution < -0.4 is 5.32 Å². The van der Waals surface area contributed by atoms with E-state index in [2.05, 4.69) is 26.1 Å². The van der Waals surface area contributed by atoms with Crippen molar-refractivity contribution in [1.82, 2.24) is 0 Å². The van der Waals surface area contributed by atoms with E-state index >= 15 is 0 Å². The summed E-state index contributed by atoms with van der Waals surface area (Å²) in [4.78, 5) is 10.6. The molecule has 2 rings (SSSR count). The summed E-state index contributed by atoms with van der Waals surface area (Å²) in [5, 5.41) is 14.3. The van der Waals surface area contributed by atoms with E-state index in [0.717, 1.165) is 25.3 Å². The van der Waals surface area contributed by atoms with E-state index in [-0.39, 0.29) is 17.1 Å². The average molecular weight is 294 g/mol. The third kappa shape index (κ3) is 3.71. The first kappa shape index (κ1) is 15.7. The fourth-order valence-electron chi connectivity index (χ4n) is 3.32. The van der Waals surface area contributed by atoms with Crippen LogP contribution in [0.2, 0.25) is 0 Å². The van der Waals surface area contributed by atoms with Crippen molar-refractivity contribution >= 4 is 11.4 Å². The monoisotopic (exact) mass is 294 g/mol. The van der Waals surface area contributed by atoms with Gasteiger partial charge in [0.25, 0.3) is 5.69 Å². The van der Waals surface area contributed by atoms with Crippen molar-refractivity contribution in [2.45, 2.75) is 52.5 Å². The van der Waals surface area contributed by atoms with Crippen molar-refractivity contribution in [1.29, 1.82) is 0 Å². The third-order valence-electron chi connectivity index (χ3n) is 4.37. The molecule has 1 aromatic rings. The molecule has 1 saturated carbocycles. The number of nitro groups is 1. The molecule has 2 unspecified atom stereocenters. The summed E-state index contributed by atoms with van der Waals surface area (Å²) in [5.74, 6) is -0.0275. The number of nitrogens with zero attached hydrogens (tertiary/aromatic N) is 1. The summed E-state index contributed by atoms with van der Waals surface area (Å²) in [6.45, 7) is 6.58. The van der Waals surface area contributed by atoms with Crippen LogP contribution in [0.1, 0.15) is 46.5 Å². The van der Waals surface area contributed by atoms with Gasteiger partial charge < -0.3 is 5.32 Å². The van der Waals surface area contributed by atoms with Crippen molar-refractivity contribution in [2.24, 2.45) is 11.3 Å². The van der Waals surface area contributed by atoms with Crippen molar-refractivity contribution in [2.75, 3.05) is 5.32 Å². The molecule has 0 amide bonds. The van der Waals surface area contributed by atoms with Gasteiger partial charge in [0.2, 0.25) is 0 Å². The molecule has 0 aliphatic heterocycles. The zero-order chi connectivity index (χ0) is 15.6. The van der Waals surface area contributed by atoms with E-state index in [9.17, 15) is 14.5 Å². The highest BCUT2D eigenvalue weighted by Gasteiger charge is 2.35. The Bertz CT molecular complexity index is 525. The van der Waals surface area contributed by atoms with Crippen molar-refractivity contribution < 1.29 is 9.31 Å². The van der Waals surface area contributed by atoms with Gasteiger partial charge in [0, 0.05) is 18.2 Å². The van der Waals surface area contributed by atoms with E-state index in [1.54, 1.807) is 0 Å². The van der Waals surface area contributed by atoms with Crippen LogP contribution >= 0.6 is 0 Å². The third-order valence-corrected chi connectivity index (χ3v) is 4.37. The molecular weight excluding hydrogens is 271 g/mol. The highest BCUT2D eigenvalue weighted by atomic mass is 19.1. The molecule has 0 saturated heterocycles. The fraction of sp³-hybridized carbons (Fsp3) is 0.625. The van der Waals surface area contributed by atoms with Gasteiger partial charge in [-0.3, -0.25) is 10.1 Å². The molecule has 1 fully saturated rings. The molecule has 2 atom stereocenters. The van der Waals surface area contributed by atoms with Gasteiger partial charge >= 0.3 is 0 Å². The lowest BCUT2D eigenvalue weighted by atomic mass is 9.69. The topological polar surface area (TPSA) is 55.2 Å². The number of nitro benzene ring substituents is 1. The molecule has 5 heteroatoms. The predicted octanol–water partition coefficient (Wildman–Crippen LogP) is 4.75. The summed E-state index contributed by atoms with van der Waals surface area (Å²) in [6.07, 6.45) is 4.36. The van der Waals surface area contributed by atoms with E-state index in [4.69, 9.17) is 0 Å². The normalized spacial score (nSPS) is 22.9. The second-order valence-electron chi connectivity index (χ2n) is 6.93. The maximum absolute atomic E-state index is 13.4. The number of nitrogens with one attached hydrogen (secondary N) is 1. The summed E-state index contributed by atoms with van der Waals surface area (Å²) in [7, 11) is 0. The minimum atomic E-state index is -0.462. The Labute approximate surface area is 124 Å². The molecule has 1 aliphatic carbocycles. The number of hydrogen-bond donors (Lipinski definition) is 1. The lowest BCUT2D eigenvalue weighted by Gasteiger charge is -2.41. The van der Waals surface area contributed by atoms with Crippen LogP contribution in [0, 0.1) is 27.3 Å². The Kier molecular flexibility index (Phi) is 4.49. The van der Waals surface area contributed by atoms with Crippen LogP contribution in [-0.2, 0) is 0 Å². The first-order valence-corrected chi connectivity index (χ1v) is 7.49. The minimum absolute atomic E-state index is 0.0605. The number of hydrogen-bond acceptors (Lipinski definition) is 3. The van der Waals surface area contributed by atoms with Crippen molar-refractivity contribution in [3.05, 3.63) is 34.1 Å². The van der Waals surface area contributed by atoms with Crippen LogP contribution in [0.25, 0.3) is 0 Å². The molecule has 116 valence electrons. The first-order chi connectivity index (χ1) is 9.79. The molecule has 0 radical (unpaired) electrons. The van der Waals surface area contributed by atoms with Gasteiger partial charge in [0.15, 0.2) is 0 Å². The molecule has 0 heterocycles. The van der Waals surface area contributed by atoms with Crippen molar-refractivity contribution in [3.63, 3.8) is 0 Å². The smallest absolute Gasteiger partial charge is 0.292 e. The van der Waals surface area contributed by atoms with E-state index in [1.165, 1.54) is 18.6 Å². The van der Waals surface area contributed by atoms with Crippen LogP contribution in [0.5, 0.6) is 0 Å². The van der Waals surface area contributed by atoms with Gasteiger partial charge in [-0.2, -0.15) is 0 Å². The molecule has 1 aromatic carbocycles. The summed E-state index contributed by atoms with van der Waals surface area (Å²) < 4.78 is 13.4. The molecule has 4 nitrogen and oxygen atoms in total. The summed E-state index contributed by atoms with van der Waals surface area (Å²) >= 11 is 0. The standard InChI is InChI=1S/C16H23FN2O2/c1-16(2,3)12-6-4-5-7-13(12)18-14-10-11(17)8-9-15(14)19(20)21/h8-10,12-13,18H,4-7H2,1-3H3. The Hall–Kier alpha value is -1.65. The maximum atomic E-state index is 13.4. The van der Waals surface area contributed by atoms with Crippen LogP contribution in [-0.4, -0.2) is 11.0 Å². The minimum Gasteiger partial charge on any atom is -0.376 e. The average Bonchev–Trinajstić information content (AvgIpc) is 2.37. The Balaban J connectivity index is 2.27. The lowest BCUT2D eigenvalue weighted by molar-refractivity contribution is -0.384. The zero-order valence-corrected chi connectivity index (χ0v) is 12.9. The van der Waals surface area contributed by atoms with Crippen molar-refractivity contribution in [3.8, 4) is 0 Å². The molecule has 1 N–H and O–H groups in total. The van der Waals surface area contributed by atoms with Gasteiger partial charge in [0.1, 0.15) is 11.5 Å². The van der Waals surface area contributed by atoms with E-state index in [0.29, 0.717) is 11.6 Å². The van der Waals surface area contributed by atoms with E-state index in [1.807, 2.05) is 0 Å². The van der Waals surface area contributed by atoms with Gasteiger partial charge in [-0.25, -0.2) is 4.39 Å². The Morgan fingerprint density at radius 1 is 1.29 bits per heavy atom. The molecule has 21 heavy (non-hydrogen) atoms. The second-order valence-corrected chi connectivity index (χ2v) is 6.93. The predicted molar refractivity (Wildman–Crippen MR) is 81.9 cm³/mol. The Morgan fingerprint density at radius 2 is 1.95 bits per heavy atom. The van der Waals surface area contributed by atoms with Gasteiger partial charge in [0.05, 0.1) is 4.92 Å². The maximum Gasteiger partial charge on any atom is 0.292 e. The number of anilines is 1. The zero-order valence-electron chi connectivity index (χ0n) is 12.9. The molecule has 1 aliphatic rings. The molecule has 0 aromatic heterocycles. The summed E-state index contributed by atoms with van der Waals surface area (Å²) in [6, 6.07) is 3.74. The van der Waals surface area contributed by atoms with Crippen LogP contribution in [0.3, 0.4) is 0 Å². The number of halogens is 1. The first-order valence-electron chi connectivity index (χ1n) is 7.49. The number of rotatable bonds is 3. The second kappa shape index (κ2) is 6.00. The largest absolute Gasteiger partial charge is 0.376 e. The molecule has 0 spiro atoms. The molecule has 0 bridgehead atoms. The Morgan fingerprint density at radius 3 is 2.57 bits per heavy atom.